The number of hydrogen-bond acceptors (Lipinski definition) is 9. The van der Waals surface area contributed by atoms with Crippen molar-refractivity contribution in [3.8, 4) is 0 Å². The molecule has 0 aliphatic heterocycles. The molecule has 1 aliphatic carbocycles. The molecule has 0 heterocycles. The Kier molecular flexibility index (Phi) is 11.8. The van der Waals surface area contributed by atoms with Crippen molar-refractivity contribution in [2.45, 2.75) is 0 Å². The maximum Gasteiger partial charge on any atom is 0.204 e. The fraction of sp³-hybridized carbons (Fsp3) is 0. The topological polar surface area (TPSA) is 135 Å². The summed E-state index contributed by atoms with van der Waals surface area (Å²) in [4.78, 5) is 43.7. The number of carbonyl (C=O) groups is 3. The van der Waals surface area contributed by atoms with Crippen molar-refractivity contribution in [2.24, 2.45) is 31.0 Å². The molecule has 0 spiro atoms. The molecular weight excluding hydrogens is 715 g/mol. The van der Waals surface area contributed by atoms with Gasteiger partial charge < -0.3 is 0 Å². The van der Waals surface area contributed by atoms with Crippen LogP contribution in [0.1, 0.15) is 0 Å². The third-order valence-electron chi connectivity index (χ3n) is 8.32. The van der Waals surface area contributed by atoms with Gasteiger partial charge in [-0.3, -0.25) is 14.4 Å². The Morgan fingerprint density at radius 1 is 0.298 bits per heavy atom. The number of rotatable bonds is 12. The van der Waals surface area contributed by atoms with Gasteiger partial charge in [-0.05, 0) is 72.8 Å². The highest BCUT2D eigenvalue weighted by Crippen LogP contribution is 2.30. The summed E-state index contributed by atoms with van der Waals surface area (Å²) in [6.07, 6.45) is 3.83. The number of hydrogen-bond donors (Lipinski definition) is 0. The van der Waals surface area contributed by atoms with Gasteiger partial charge in [-0.15, -0.1) is 15.3 Å². The molecule has 0 saturated heterocycles. The molecular formula is C45H33N9O3. The van der Waals surface area contributed by atoms with Gasteiger partial charge in [0.1, 0.15) is 0 Å². The lowest BCUT2D eigenvalue weighted by Gasteiger charge is -2.23. The van der Waals surface area contributed by atoms with E-state index in [-0.39, 0.29) is 16.7 Å². The van der Waals surface area contributed by atoms with E-state index in [1.165, 1.54) is 33.6 Å². The van der Waals surface area contributed by atoms with Crippen LogP contribution in [0.2, 0.25) is 0 Å². The van der Waals surface area contributed by atoms with Crippen molar-refractivity contribution in [1.29, 1.82) is 0 Å². The molecule has 0 amide bonds. The minimum absolute atomic E-state index is 0.357. The predicted molar refractivity (Wildman–Crippen MR) is 219 cm³/mol. The lowest BCUT2D eigenvalue weighted by molar-refractivity contribution is -0.124. The smallest absolute Gasteiger partial charge is 0.204 e. The minimum Gasteiger partial charge on any atom is -0.288 e. The number of nitrogens with zero attached hydrogens (tertiary/aromatic N) is 9. The molecule has 57 heavy (non-hydrogen) atoms. The highest BCUT2D eigenvalue weighted by Gasteiger charge is 2.40. The van der Waals surface area contributed by atoms with Crippen molar-refractivity contribution in [3.05, 3.63) is 217 Å². The van der Waals surface area contributed by atoms with E-state index in [0.29, 0.717) is 34.1 Å². The zero-order valence-corrected chi connectivity index (χ0v) is 30.3. The zero-order valence-electron chi connectivity index (χ0n) is 30.3. The van der Waals surface area contributed by atoms with Gasteiger partial charge in [0.05, 0.1) is 50.8 Å². The van der Waals surface area contributed by atoms with Crippen LogP contribution < -0.4 is 15.0 Å². The first-order valence-corrected chi connectivity index (χ1v) is 17.8. The summed E-state index contributed by atoms with van der Waals surface area (Å²) in [5.74, 6) is -2.57. The summed E-state index contributed by atoms with van der Waals surface area (Å²) in [7, 11) is 0. The van der Waals surface area contributed by atoms with Crippen LogP contribution in [0.15, 0.2) is 248 Å². The molecule has 0 radical (unpaired) electrons. The molecule has 0 aromatic heterocycles. The summed E-state index contributed by atoms with van der Waals surface area (Å²) in [6.45, 7) is 0. The maximum atomic E-state index is 14.6. The van der Waals surface area contributed by atoms with Crippen molar-refractivity contribution < 1.29 is 14.4 Å². The van der Waals surface area contributed by atoms with Crippen molar-refractivity contribution in [2.75, 3.05) is 15.0 Å². The molecule has 7 rings (SSSR count). The van der Waals surface area contributed by atoms with Crippen LogP contribution in [0, 0.1) is 0 Å². The second kappa shape index (κ2) is 18.2. The number of Topliss-reactive ketones (excluding diaryl/α,β-unsaturated/α-hetero) is 3. The van der Waals surface area contributed by atoms with Crippen molar-refractivity contribution >= 4 is 51.5 Å². The second-order valence-corrected chi connectivity index (χ2v) is 12.2. The lowest BCUT2D eigenvalue weighted by atomic mass is 9.84. The Hall–Kier alpha value is -8.25. The van der Waals surface area contributed by atoms with Gasteiger partial charge in [-0.1, -0.05) is 125 Å². The first-order valence-electron chi connectivity index (χ1n) is 17.8. The molecule has 12 heteroatoms. The van der Waals surface area contributed by atoms with Crippen LogP contribution in [0.3, 0.4) is 0 Å². The van der Waals surface area contributed by atoms with Crippen LogP contribution in [0.5, 0.6) is 0 Å². The fourth-order valence-corrected chi connectivity index (χ4v) is 5.44. The van der Waals surface area contributed by atoms with Crippen molar-refractivity contribution in [1.82, 2.24) is 0 Å². The molecule has 0 N–H and O–H groups in total. The molecule has 6 aromatic carbocycles. The maximum absolute atomic E-state index is 14.6. The van der Waals surface area contributed by atoms with E-state index in [1.54, 1.807) is 109 Å². The SMILES string of the molecule is O=C1C(=CN(N=Nc2ccccc2)c2ccccc2)C(=O)C(=CN(N=Nc2ccccc2)c2ccccc2)C(=O)C1=CN(N=Nc1ccccc1)c1ccccc1. The summed E-state index contributed by atoms with van der Waals surface area (Å²) in [6, 6.07) is 53.7. The number of benzene rings is 6. The summed E-state index contributed by atoms with van der Waals surface area (Å²) >= 11 is 0. The average Bonchev–Trinajstić information content (AvgIpc) is 3.27. The third-order valence-corrected chi connectivity index (χ3v) is 8.32. The second-order valence-electron chi connectivity index (χ2n) is 12.2. The molecule has 12 nitrogen and oxygen atoms in total. The molecule has 1 saturated carbocycles. The molecule has 0 bridgehead atoms. The number of anilines is 3. The molecule has 0 unspecified atom stereocenters. The molecule has 276 valence electrons. The Morgan fingerprint density at radius 2 is 0.509 bits per heavy atom. The van der Waals surface area contributed by atoms with Crippen LogP contribution in [-0.4, -0.2) is 17.3 Å². The third kappa shape index (κ3) is 9.47. The Labute approximate surface area is 328 Å². The Morgan fingerprint density at radius 3 is 0.737 bits per heavy atom. The quantitative estimate of drug-likeness (QED) is 0.0529. The van der Waals surface area contributed by atoms with Gasteiger partial charge in [-0.25, -0.2) is 15.0 Å². The lowest BCUT2D eigenvalue weighted by Crippen LogP contribution is -2.35. The molecule has 1 aliphatic rings. The van der Waals surface area contributed by atoms with Gasteiger partial charge in [0, 0.05) is 18.6 Å². The highest BCUT2D eigenvalue weighted by molar-refractivity contribution is 6.51. The summed E-state index contributed by atoms with van der Waals surface area (Å²) in [5.41, 5.74) is 2.06. The van der Waals surface area contributed by atoms with Crippen LogP contribution in [-0.2, 0) is 14.4 Å². The molecule has 0 atom stereocenters. The van der Waals surface area contributed by atoms with Crippen LogP contribution >= 0.6 is 0 Å². The first-order chi connectivity index (χ1) is 28.0. The fourth-order valence-electron chi connectivity index (χ4n) is 5.44. The number of ketones is 3. The average molecular weight is 748 g/mol. The Bertz CT molecular complexity index is 2200. The normalized spacial score (nSPS) is 13.1. The van der Waals surface area contributed by atoms with Gasteiger partial charge in [0.25, 0.3) is 0 Å². The number of allylic oxidation sites excluding steroid dienone is 3. The minimum atomic E-state index is -0.856. The van der Waals surface area contributed by atoms with Crippen LogP contribution in [0.25, 0.3) is 0 Å². The molecule has 6 aromatic rings. The van der Waals surface area contributed by atoms with E-state index in [0.717, 1.165) is 0 Å². The summed E-state index contributed by atoms with van der Waals surface area (Å²) in [5, 5.41) is 30.2. The zero-order chi connectivity index (χ0) is 39.2. The van der Waals surface area contributed by atoms with Gasteiger partial charge in [0.2, 0.25) is 17.3 Å². The van der Waals surface area contributed by atoms with Gasteiger partial charge in [0.15, 0.2) is 0 Å². The van der Waals surface area contributed by atoms with E-state index >= 15 is 0 Å². The van der Waals surface area contributed by atoms with E-state index in [4.69, 9.17) is 0 Å². The van der Waals surface area contributed by atoms with E-state index in [9.17, 15) is 14.4 Å². The van der Waals surface area contributed by atoms with E-state index in [2.05, 4.69) is 31.0 Å². The number of carbonyl (C=O) groups excluding carboxylic acids is 3. The summed E-state index contributed by atoms with van der Waals surface area (Å²) < 4.78 is 0. The molecule has 1 fully saturated rings. The van der Waals surface area contributed by atoms with Crippen LogP contribution in [0.4, 0.5) is 34.1 Å². The number of para-hydroxylation sites is 3. The standard InChI is InChI=1S/C45H33N9O3/c55-43-40(31-52(37-25-13-4-14-26-37)49-46-34-19-7-1-8-20-34)44(56)42(33-54(39-29-17-6-18-30-39)51-48-36-23-11-3-12-24-36)45(57)41(43)32-53(38-27-15-5-16-28-38)50-47-35-21-9-2-10-22-35/h1-33H. The van der Waals surface area contributed by atoms with E-state index in [1.807, 2.05) is 72.8 Å². The Balaban J connectivity index is 1.40. The predicted octanol–water partition coefficient (Wildman–Crippen LogP) is 11.0. The van der Waals surface area contributed by atoms with Crippen molar-refractivity contribution in [3.63, 3.8) is 0 Å². The monoisotopic (exact) mass is 747 g/mol. The van der Waals surface area contributed by atoms with E-state index < -0.39 is 17.3 Å². The first kappa shape index (κ1) is 37.1. The highest BCUT2D eigenvalue weighted by atomic mass is 16.2. The van der Waals surface area contributed by atoms with Gasteiger partial charge in [-0.2, -0.15) is 0 Å². The van der Waals surface area contributed by atoms with Gasteiger partial charge >= 0.3 is 0 Å². The largest absolute Gasteiger partial charge is 0.288 e.